The molecular weight excluding hydrogens is 590 g/mol. The lowest BCUT2D eigenvalue weighted by atomic mass is 9.86. The molecule has 0 spiro atoms. The molecule has 3 aromatic carbocycles. The molecule has 11 heteroatoms. The third-order valence-electron chi connectivity index (χ3n) is 7.95. The Bertz CT molecular complexity index is 1630. The summed E-state index contributed by atoms with van der Waals surface area (Å²) in [6.07, 6.45) is 1.23. The van der Waals surface area contributed by atoms with Gasteiger partial charge in [-0.2, -0.15) is 4.31 Å². The summed E-state index contributed by atoms with van der Waals surface area (Å²) in [4.78, 5) is 30.1. The number of benzene rings is 3. The molecule has 2 aliphatic heterocycles. The predicted molar refractivity (Wildman–Crippen MR) is 166 cm³/mol. The minimum Gasteiger partial charge on any atom is -0.493 e. The largest absolute Gasteiger partial charge is 0.493 e. The van der Waals surface area contributed by atoms with Crippen molar-refractivity contribution in [1.29, 1.82) is 0 Å². The topological polar surface area (TPSA) is 96.5 Å². The summed E-state index contributed by atoms with van der Waals surface area (Å²) >= 11 is 6.23. The summed E-state index contributed by atoms with van der Waals surface area (Å²) in [5.74, 6) is 0.872. The van der Waals surface area contributed by atoms with Crippen molar-refractivity contribution in [3.05, 3.63) is 87.9 Å². The molecule has 3 aromatic rings. The molecule has 2 atom stereocenters. The van der Waals surface area contributed by atoms with E-state index >= 15 is 0 Å². The van der Waals surface area contributed by atoms with Crippen LogP contribution in [0.2, 0.25) is 5.02 Å². The number of hydrogen-bond acceptors (Lipinski definition) is 6. The van der Waals surface area contributed by atoms with Crippen LogP contribution in [-0.4, -0.2) is 68.5 Å². The molecule has 0 saturated carbocycles. The zero-order valence-electron chi connectivity index (χ0n) is 24.9. The third-order valence-corrected chi connectivity index (χ3v) is 9.45. The van der Waals surface area contributed by atoms with Crippen LogP contribution in [-0.2, 0) is 26.0 Å². The number of anilines is 1. The van der Waals surface area contributed by atoms with Crippen molar-refractivity contribution in [2.75, 3.05) is 37.9 Å². The lowest BCUT2D eigenvalue weighted by molar-refractivity contribution is -0.136. The fourth-order valence-corrected chi connectivity index (χ4v) is 6.66. The monoisotopic (exact) mass is 625 g/mol. The number of piperazine rings is 1. The van der Waals surface area contributed by atoms with Crippen molar-refractivity contribution >= 4 is 39.1 Å². The minimum absolute atomic E-state index is 0.0695. The van der Waals surface area contributed by atoms with E-state index in [1.807, 2.05) is 81.4 Å². The number of rotatable bonds is 8. The van der Waals surface area contributed by atoms with E-state index in [1.165, 1.54) is 4.31 Å². The Morgan fingerprint density at radius 1 is 0.907 bits per heavy atom. The van der Waals surface area contributed by atoms with Crippen LogP contribution in [0.4, 0.5) is 5.69 Å². The summed E-state index contributed by atoms with van der Waals surface area (Å²) in [5.41, 5.74) is 4.29. The number of carbonyl (C=O) groups is 2. The normalized spacial score (nSPS) is 18.5. The molecule has 1 saturated heterocycles. The molecule has 0 N–H and O–H groups in total. The number of carbonyl (C=O) groups excluding carboxylic acids is 2. The zero-order chi connectivity index (χ0) is 31.1. The van der Waals surface area contributed by atoms with Gasteiger partial charge in [0.15, 0.2) is 11.5 Å². The van der Waals surface area contributed by atoms with Crippen LogP contribution in [0, 0.1) is 0 Å². The smallest absolute Gasteiger partial charge is 0.238 e. The van der Waals surface area contributed by atoms with Gasteiger partial charge in [-0.3, -0.25) is 9.59 Å². The molecule has 0 radical (unpaired) electrons. The number of halogens is 1. The standard InChI is InChI=1S/C32H36ClN3O6S/c1-20(2)42-29-18-27-24(16-28(29)41-4)17-30(37)36(32(27)23-6-10-25(33)11-7-23)26-12-8-22(9-13-26)21(3)35-15-14-34(19-31(35)38)43(5,39)40/h6-13,16,18,20-21,32H,14-15,17,19H2,1-5H3/t21-,32+/m1/s1. The van der Waals surface area contributed by atoms with Crippen molar-refractivity contribution < 1.29 is 27.5 Å². The van der Waals surface area contributed by atoms with Gasteiger partial charge in [0.2, 0.25) is 21.8 Å². The van der Waals surface area contributed by atoms with E-state index in [4.69, 9.17) is 21.1 Å². The maximum absolute atomic E-state index is 13.8. The Hall–Kier alpha value is -3.60. The second-order valence-electron chi connectivity index (χ2n) is 11.2. The Morgan fingerprint density at radius 3 is 2.16 bits per heavy atom. The van der Waals surface area contributed by atoms with E-state index in [1.54, 1.807) is 16.9 Å². The summed E-state index contributed by atoms with van der Waals surface area (Å²) in [6, 6.07) is 18.2. The van der Waals surface area contributed by atoms with Gasteiger partial charge in [0.25, 0.3) is 0 Å². The van der Waals surface area contributed by atoms with Crippen molar-refractivity contribution in [2.24, 2.45) is 0 Å². The molecule has 0 bridgehead atoms. The third kappa shape index (κ3) is 6.37. The Balaban J connectivity index is 1.50. The van der Waals surface area contributed by atoms with Crippen LogP contribution >= 0.6 is 11.6 Å². The van der Waals surface area contributed by atoms with Gasteiger partial charge in [-0.05, 0) is 79.4 Å². The highest BCUT2D eigenvalue weighted by Gasteiger charge is 2.37. The average Bonchev–Trinajstić information content (AvgIpc) is 2.96. The molecule has 0 unspecified atom stereocenters. The molecule has 2 heterocycles. The maximum Gasteiger partial charge on any atom is 0.238 e. The van der Waals surface area contributed by atoms with Crippen molar-refractivity contribution in [2.45, 2.75) is 45.4 Å². The van der Waals surface area contributed by atoms with E-state index in [-0.39, 0.29) is 43.5 Å². The summed E-state index contributed by atoms with van der Waals surface area (Å²) in [5, 5.41) is 0.599. The Morgan fingerprint density at radius 2 is 1.58 bits per heavy atom. The first-order valence-corrected chi connectivity index (χ1v) is 16.4. The van der Waals surface area contributed by atoms with Crippen LogP contribution in [0.3, 0.4) is 0 Å². The first-order valence-electron chi connectivity index (χ1n) is 14.2. The summed E-state index contributed by atoms with van der Waals surface area (Å²) in [7, 11) is -1.85. The van der Waals surface area contributed by atoms with Gasteiger partial charge in [-0.15, -0.1) is 0 Å². The van der Waals surface area contributed by atoms with Gasteiger partial charge in [-0.1, -0.05) is 35.9 Å². The predicted octanol–water partition coefficient (Wildman–Crippen LogP) is 4.98. The van der Waals surface area contributed by atoms with Gasteiger partial charge in [0, 0.05) is 23.8 Å². The van der Waals surface area contributed by atoms with E-state index in [0.717, 1.165) is 28.5 Å². The van der Waals surface area contributed by atoms with E-state index in [0.29, 0.717) is 28.8 Å². The SMILES string of the molecule is COc1cc2c(cc1OC(C)C)[C@H](c1ccc(Cl)cc1)N(c1ccc([C@@H](C)N3CCN(S(C)(=O)=O)CC3=O)cc1)C(=O)C2. The number of amides is 2. The van der Waals surface area contributed by atoms with Crippen LogP contribution in [0.25, 0.3) is 0 Å². The highest BCUT2D eigenvalue weighted by atomic mass is 35.5. The molecule has 43 heavy (non-hydrogen) atoms. The number of hydrogen-bond donors (Lipinski definition) is 0. The minimum atomic E-state index is -3.43. The second kappa shape index (κ2) is 12.2. The summed E-state index contributed by atoms with van der Waals surface area (Å²) < 4.78 is 36.7. The van der Waals surface area contributed by atoms with E-state index in [2.05, 4.69) is 0 Å². The number of methoxy groups -OCH3 is 1. The molecule has 0 aliphatic carbocycles. The molecule has 9 nitrogen and oxygen atoms in total. The van der Waals surface area contributed by atoms with Gasteiger partial charge >= 0.3 is 0 Å². The summed E-state index contributed by atoms with van der Waals surface area (Å²) in [6.45, 7) is 6.22. The highest BCUT2D eigenvalue weighted by Crippen LogP contribution is 2.44. The lowest BCUT2D eigenvalue weighted by Crippen LogP contribution is -2.52. The molecule has 228 valence electrons. The van der Waals surface area contributed by atoms with Gasteiger partial charge in [0.05, 0.1) is 44.5 Å². The molecule has 5 rings (SSSR count). The van der Waals surface area contributed by atoms with E-state index in [9.17, 15) is 18.0 Å². The lowest BCUT2D eigenvalue weighted by Gasteiger charge is -2.39. The highest BCUT2D eigenvalue weighted by molar-refractivity contribution is 7.88. The molecular formula is C32H36ClN3O6S. The van der Waals surface area contributed by atoms with Crippen molar-refractivity contribution in [3.8, 4) is 11.5 Å². The fraction of sp³-hybridized carbons (Fsp3) is 0.375. The molecule has 0 aromatic heterocycles. The maximum atomic E-state index is 13.8. The van der Waals surface area contributed by atoms with Gasteiger partial charge in [-0.25, -0.2) is 8.42 Å². The van der Waals surface area contributed by atoms with Crippen molar-refractivity contribution in [1.82, 2.24) is 9.21 Å². The van der Waals surface area contributed by atoms with Crippen LogP contribution in [0.15, 0.2) is 60.7 Å². The van der Waals surface area contributed by atoms with Crippen LogP contribution < -0.4 is 14.4 Å². The molecule has 1 fully saturated rings. The Kier molecular flexibility index (Phi) is 8.74. The van der Waals surface area contributed by atoms with Gasteiger partial charge < -0.3 is 19.3 Å². The number of sulfonamides is 1. The van der Waals surface area contributed by atoms with E-state index < -0.39 is 16.1 Å². The van der Waals surface area contributed by atoms with Crippen LogP contribution in [0.1, 0.15) is 55.1 Å². The van der Waals surface area contributed by atoms with Crippen molar-refractivity contribution in [3.63, 3.8) is 0 Å². The van der Waals surface area contributed by atoms with Gasteiger partial charge in [0.1, 0.15) is 0 Å². The average molecular weight is 626 g/mol. The van der Waals surface area contributed by atoms with Crippen LogP contribution in [0.5, 0.6) is 11.5 Å². The zero-order valence-corrected chi connectivity index (χ0v) is 26.5. The molecule has 2 amide bonds. The first-order chi connectivity index (χ1) is 20.4. The molecule has 2 aliphatic rings. The number of nitrogens with zero attached hydrogens (tertiary/aromatic N) is 3. The number of ether oxygens (including phenoxy) is 2. The fourth-order valence-electron chi connectivity index (χ4n) is 5.78. The second-order valence-corrected chi connectivity index (χ2v) is 13.6. The quantitative estimate of drug-likeness (QED) is 0.350. The first kappa shape index (κ1) is 30.8. The Labute approximate surface area is 258 Å². The number of fused-ring (bicyclic) bond motifs is 1.